The number of hydrogen-bond donors (Lipinski definition) is 1. The van der Waals surface area contributed by atoms with E-state index in [1.54, 1.807) is 0 Å². The number of hydrogen-bond acceptors (Lipinski definition) is 5. The number of rotatable bonds is 6. The van der Waals surface area contributed by atoms with Crippen molar-refractivity contribution in [1.82, 2.24) is 9.62 Å². The van der Waals surface area contributed by atoms with Crippen LogP contribution in [0.5, 0.6) is 5.75 Å². The Balaban J connectivity index is 1.61. The van der Waals surface area contributed by atoms with Gasteiger partial charge in [0, 0.05) is 6.54 Å². The highest BCUT2D eigenvalue weighted by atomic mass is 32.2. The van der Waals surface area contributed by atoms with Crippen LogP contribution in [0, 0.1) is 0 Å². The zero-order valence-electron chi connectivity index (χ0n) is 13.8. The highest BCUT2D eigenvalue weighted by Crippen LogP contribution is 2.29. The van der Waals surface area contributed by atoms with Gasteiger partial charge in [0.05, 0.1) is 5.56 Å². The lowest BCUT2D eigenvalue weighted by Gasteiger charge is -2.15. The lowest BCUT2D eigenvalue weighted by Crippen LogP contribution is -2.40. The number of ether oxygens (including phenoxy) is 1. The number of benzene rings is 2. The SMILES string of the molecule is O=C(CN1C(=O)c2ccccc2S1(=O)=O)NCc1ccc(OC(F)F)cc1. The average molecular weight is 396 g/mol. The van der Waals surface area contributed by atoms with Crippen molar-refractivity contribution in [2.24, 2.45) is 0 Å². The maximum absolute atomic E-state index is 12.4. The molecule has 1 aliphatic rings. The zero-order valence-corrected chi connectivity index (χ0v) is 14.6. The van der Waals surface area contributed by atoms with Gasteiger partial charge in [-0.1, -0.05) is 24.3 Å². The molecule has 0 fully saturated rings. The Morgan fingerprint density at radius 3 is 2.41 bits per heavy atom. The smallest absolute Gasteiger partial charge is 0.387 e. The van der Waals surface area contributed by atoms with Gasteiger partial charge in [0.25, 0.3) is 15.9 Å². The molecule has 0 aliphatic carbocycles. The fourth-order valence-electron chi connectivity index (χ4n) is 2.56. The van der Waals surface area contributed by atoms with Crippen LogP contribution in [0.25, 0.3) is 0 Å². The fourth-order valence-corrected chi connectivity index (χ4v) is 4.09. The minimum absolute atomic E-state index is 0.0217. The van der Waals surface area contributed by atoms with Crippen LogP contribution in [0.15, 0.2) is 53.4 Å². The maximum Gasteiger partial charge on any atom is 0.387 e. The molecule has 1 N–H and O–H groups in total. The summed E-state index contributed by atoms with van der Waals surface area (Å²) in [5.41, 5.74) is 0.615. The third kappa shape index (κ3) is 3.90. The lowest BCUT2D eigenvalue weighted by molar-refractivity contribution is -0.121. The summed E-state index contributed by atoms with van der Waals surface area (Å²) in [5, 5.41) is 2.48. The molecule has 0 aromatic heterocycles. The summed E-state index contributed by atoms with van der Waals surface area (Å²) in [7, 11) is -4.06. The maximum atomic E-state index is 12.4. The summed E-state index contributed by atoms with van der Waals surface area (Å²) < 4.78 is 53.7. The first kappa shape index (κ1) is 18.8. The van der Waals surface area contributed by atoms with Crippen molar-refractivity contribution in [3.63, 3.8) is 0 Å². The fraction of sp³-hybridized carbons (Fsp3) is 0.176. The van der Waals surface area contributed by atoms with Crippen molar-refractivity contribution in [3.8, 4) is 5.75 Å². The number of carbonyl (C=O) groups is 2. The van der Waals surface area contributed by atoms with Gasteiger partial charge in [-0.15, -0.1) is 0 Å². The molecule has 7 nitrogen and oxygen atoms in total. The summed E-state index contributed by atoms with van der Waals surface area (Å²) in [5.74, 6) is -1.45. The third-order valence-electron chi connectivity index (χ3n) is 3.84. The van der Waals surface area contributed by atoms with Crippen molar-refractivity contribution in [1.29, 1.82) is 0 Å². The molecule has 2 aromatic rings. The van der Waals surface area contributed by atoms with Gasteiger partial charge in [0.2, 0.25) is 5.91 Å². The molecule has 1 aliphatic heterocycles. The molecule has 0 atom stereocenters. The van der Waals surface area contributed by atoms with E-state index in [1.165, 1.54) is 48.5 Å². The molecule has 0 radical (unpaired) electrons. The Morgan fingerprint density at radius 1 is 1.11 bits per heavy atom. The van der Waals surface area contributed by atoms with E-state index in [1.807, 2.05) is 0 Å². The number of halogens is 2. The minimum Gasteiger partial charge on any atom is -0.435 e. The third-order valence-corrected chi connectivity index (χ3v) is 5.62. The number of sulfonamides is 1. The van der Waals surface area contributed by atoms with Crippen molar-refractivity contribution in [2.45, 2.75) is 18.1 Å². The summed E-state index contributed by atoms with van der Waals surface area (Å²) in [6.07, 6.45) is 0. The van der Waals surface area contributed by atoms with Crippen LogP contribution >= 0.6 is 0 Å². The van der Waals surface area contributed by atoms with Crippen molar-refractivity contribution < 1.29 is 31.5 Å². The second-order valence-corrected chi connectivity index (χ2v) is 7.44. The molecule has 0 unspecified atom stereocenters. The molecular weight excluding hydrogens is 382 g/mol. The first-order valence-corrected chi connectivity index (χ1v) is 9.19. The highest BCUT2D eigenvalue weighted by Gasteiger charge is 2.41. The molecule has 10 heteroatoms. The lowest BCUT2D eigenvalue weighted by atomic mass is 10.2. The van der Waals surface area contributed by atoms with E-state index in [0.717, 1.165) is 0 Å². The minimum atomic E-state index is -4.06. The number of alkyl halides is 2. The van der Waals surface area contributed by atoms with E-state index in [0.29, 0.717) is 9.87 Å². The van der Waals surface area contributed by atoms with Gasteiger partial charge in [-0.3, -0.25) is 9.59 Å². The Bertz CT molecular complexity index is 977. The summed E-state index contributed by atoms with van der Waals surface area (Å²) in [6.45, 7) is -3.55. The standard InChI is InChI=1S/C17H14F2N2O5S/c18-17(19)26-12-7-5-11(6-8-12)9-20-15(22)10-21-16(23)13-3-1-2-4-14(13)27(21,24)25/h1-8,17H,9-10H2,(H,20,22). The molecule has 0 spiro atoms. The van der Waals surface area contributed by atoms with E-state index in [4.69, 9.17) is 0 Å². The van der Waals surface area contributed by atoms with Crippen LogP contribution in [0.3, 0.4) is 0 Å². The van der Waals surface area contributed by atoms with Crippen LogP contribution in [-0.4, -0.2) is 37.7 Å². The summed E-state index contributed by atoms with van der Waals surface area (Å²) >= 11 is 0. The van der Waals surface area contributed by atoms with Crippen molar-refractivity contribution in [3.05, 3.63) is 59.7 Å². The van der Waals surface area contributed by atoms with E-state index < -0.39 is 35.0 Å². The first-order chi connectivity index (χ1) is 12.8. The second-order valence-electron chi connectivity index (χ2n) is 5.61. The zero-order chi connectivity index (χ0) is 19.6. The van der Waals surface area contributed by atoms with E-state index in [-0.39, 0.29) is 22.8 Å². The summed E-state index contributed by atoms with van der Waals surface area (Å²) in [6, 6.07) is 11.3. The van der Waals surface area contributed by atoms with Gasteiger partial charge in [0.15, 0.2) is 0 Å². The van der Waals surface area contributed by atoms with E-state index in [2.05, 4.69) is 10.1 Å². The molecule has 2 aromatic carbocycles. The first-order valence-electron chi connectivity index (χ1n) is 7.75. The average Bonchev–Trinajstić information content (AvgIpc) is 2.82. The molecular formula is C17H14F2N2O5S. The van der Waals surface area contributed by atoms with E-state index >= 15 is 0 Å². The molecule has 0 saturated carbocycles. The number of amides is 2. The van der Waals surface area contributed by atoms with Crippen LogP contribution in [0.4, 0.5) is 8.78 Å². The Labute approximate surface area is 153 Å². The number of fused-ring (bicyclic) bond motifs is 1. The molecule has 0 bridgehead atoms. The number of nitrogens with one attached hydrogen (secondary N) is 1. The van der Waals surface area contributed by atoms with Gasteiger partial charge < -0.3 is 10.1 Å². The highest BCUT2D eigenvalue weighted by molar-refractivity contribution is 7.90. The number of nitrogens with zero attached hydrogens (tertiary/aromatic N) is 1. The van der Waals surface area contributed by atoms with Crippen molar-refractivity contribution >= 4 is 21.8 Å². The van der Waals surface area contributed by atoms with Crippen molar-refractivity contribution in [2.75, 3.05) is 6.54 Å². The van der Waals surface area contributed by atoms with Crippen LogP contribution in [0.1, 0.15) is 15.9 Å². The topological polar surface area (TPSA) is 92.8 Å². The monoisotopic (exact) mass is 396 g/mol. The molecule has 27 heavy (non-hydrogen) atoms. The molecule has 0 saturated heterocycles. The Kier molecular flexibility index (Phi) is 5.08. The summed E-state index contributed by atoms with van der Waals surface area (Å²) in [4.78, 5) is 24.2. The van der Waals surface area contributed by atoms with Crippen LogP contribution < -0.4 is 10.1 Å². The van der Waals surface area contributed by atoms with Gasteiger partial charge in [-0.2, -0.15) is 8.78 Å². The van der Waals surface area contributed by atoms with Crippen LogP contribution in [0.2, 0.25) is 0 Å². The normalized spacial score (nSPS) is 14.9. The molecule has 3 rings (SSSR count). The van der Waals surface area contributed by atoms with Gasteiger partial charge in [-0.05, 0) is 29.8 Å². The van der Waals surface area contributed by atoms with E-state index in [9.17, 15) is 26.8 Å². The van der Waals surface area contributed by atoms with Gasteiger partial charge in [0.1, 0.15) is 17.2 Å². The molecule has 1 heterocycles. The Morgan fingerprint density at radius 2 is 1.78 bits per heavy atom. The van der Waals surface area contributed by atoms with Gasteiger partial charge >= 0.3 is 6.61 Å². The predicted molar refractivity (Wildman–Crippen MR) is 89.6 cm³/mol. The number of carbonyl (C=O) groups excluding carboxylic acids is 2. The molecule has 2 amide bonds. The Hall–Kier alpha value is -3.01. The quantitative estimate of drug-likeness (QED) is 0.803. The predicted octanol–water partition coefficient (Wildman–Crippen LogP) is 1.75. The molecule has 142 valence electrons. The largest absolute Gasteiger partial charge is 0.435 e. The van der Waals surface area contributed by atoms with Gasteiger partial charge in [-0.25, -0.2) is 12.7 Å². The van der Waals surface area contributed by atoms with Crippen LogP contribution in [-0.2, 0) is 21.4 Å². The second kappa shape index (κ2) is 7.31.